The van der Waals surface area contributed by atoms with Crippen molar-refractivity contribution in [2.45, 2.75) is 0 Å². The van der Waals surface area contributed by atoms with Gasteiger partial charge in [-0.25, -0.2) is 0 Å². The topological polar surface area (TPSA) is 43.1 Å². The fourth-order valence-corrected chi connectivity index (χ4v) is 1.23. The summed E-state index contributed by atoms with van der Waals surface area (Å²) in [4.78, 5) is 10.4. The van der Waals surface area contributed by atoms with Crippen molar-refractivity contribution in [2.75, 3.05) is 5.73 Å². The molecule has 2 nitrogen and oxygen atoms in total. The number of halogens is 1. The van der Waals surface area contributed by atoms with Crippen LogP contribution in [0.25, 0.3) is 5.57 Å². The van der Waals surface area contributed by atoms with Gasteiger partial charge in [0.2, 0.25) is 0 Å². The first-order valence-electron chi connectivity index (χ1n) is 3.34. The van der Waals surface area contributed by atoms with Crippen LogP contribution in [0.1, 0.15) is 5.56 Å². The van der Waals surface area contributed by atoms with E-state index in [-0.39, 0.29) is 0 Å². The van der Waals surface area contributed by atoms with Crippen molar-refractivity contribution in [1.82, 2.24) is 0 Å². The van der Waals surface area contributed by atoms with Gasteiger partial charge in [-0.3, -0.25) is 4.79 Å². The highest BCUT2D eigenvalue weighted by Gasteiger charge is 2.02. The minimum absolute atomic E-state index is 0.397. The Kier molecular flexibility index (Phi) is 2.65. The number of hydrogen-bond donors (Lipinski definition) is 1. The molecule has 0 aromatic heterocycles. The van der Waals surface area contributed by atoms with Gasteiger partial charge in [0.1, 0.15) is 6.29 Å². The van der Waals surface area contributed by atoms with Crippen LogP contribution in [0.4, 0.5) is 5.69 Å². The summed E-state index contributed by atoms with van der Waals surface area (Å²) in [6, 6.07) is 5.32. The average molecular weight is 226 g/mol. The highest BCUT2D eigenvalue weighted by atomic mass is 79.9. The van der Waals surface area contributed by atoms with Crippen molar-refractivity contribution >= 4 is 33.5 Å². The Morgan fingerprint density at radius 1 is 1.58 bits per heavy atom. The van der Waals surface area contributed by atoms with Crippen LogP contribution >= 0.6 is 15.9 Å². The first-order valence-corrected chi connectivity index (χ1v) is 4.14. The molecule has 0 radical (unpaired) electrons. The highest BCUT2D eigenvalue weighted by Crippen LogP contribution is 2.22. The van der Waals surface area contributed by atoms with Gasteiger partial charge in [-0.2, -0.15) is 0 Å². The zero-order valence-electron chi connectivity index (χ0n) is 6.38. The number of rotatable bonds is 2. The van der Waals surface area contributed by atoms with Crippen molar-refractivity contribution in [3.63, 3.8) is 0 Å². The predicted molar refractivity (Wildman–Crippen MR) is 53.7 cm³/mol. The Morgan fingerprint density at radius 2 is 2.25 bits per heavy atom. The molecule has 0 fully saturated rings. The van der Waals surface area contributed by atoms with E-state index >= 15 is 0 Å². The third-order valence-corrected chi connectivity index (χ3v) is 2.00. The molecular formula is C9H8BrNO. The van der Waals surface area contributed by atoms with Crippen LogP contribution in [0, 0.1) is 0 Å². The SMILES string of the molecule is C=C(C=O)c1cc(Br)ccc1N. The van der Waals surface area contributed by atoms with Crippen molar-refractivity contribution in [3.8, 4) is 0 Å². The fraction of sp³-hybridized carbons (Fsp3) is 0. The average Bonchev–Trinajstić information content (AvgIpc) is 2.08. The highest BCUT2D eigenvalue weighted by molar-refractivity contribution is 9.10. The third kappa shape index (κ3) is 1.74. The van der Waals surface area contributed by atoms with E-state index in [1.807, 2.05) is 6.07 Å². The second kappa shape index (κ2) is 3.54. The lowest BCUT2D eigenvalue weighted by Gasteiger charge is -2.03. The van der Waals surface area contributed by atoms with Crippen LogP contribution in [0.3, 0.4) is 0 Å². The maximum Gasteiger partial charge on any atom is 0.150 e. The monoisotopic (exact) mass is 225 g/mol. The lowest BCUT2D eigenvalue weighted by molar-refractivity contribution is -0.103. The van der Waals surface area contributed by atoms with Crippen LogP contribution in [-0.4, -0.2) is 6.29 Å². The smallest absolute Gasteiger partial charge is 0.150 e. The Bertz CT molecular complexity index is 333. The molecule has 1 aromatic carbocycles. The summed E-state index contributed by atoms with van der Waals surface area (Å²) in [6.07, 6.45) is 0.693. The zero-order chi connectivity index (χ0) is 9.14. The minimum atomic E-state index is 0.397. The van der Waals surface area contributed by atoms with E-state index in [1.165, 1.54) is 0 Å². The van der Waals surface area contributed by atoms with Gasteiger partial charge < -0.3 is 5.73 Å². The Hall–Kier alpha value is -1.09. The third-order valence-electron chi connectivity index (χ3n) is 1.50. The van der Waals surface area contributed by atoms with Crippen LogP contribution in [0.2, 0.25) is 0 Å². The molecule has 62 valence electrons. The van der Waals surface area contributed by atoms with E-state index in [1.54, 1.807) is 12.1 Å². The van der Waals surface area contributed by atoms with E-state index in [4.69, 9.17) is 5.73 Å². The summed E-state index contributed by atoms with van der Waals surface area (Å²) in [7, 11) is 0. The molecule has 3 heteroatoms. The van der Waals surface area contributed by atoms with Gasteiger partial charge in [-0.05, 0) is 18.2 Å². The lowest BCUT2D eigenvalue weighted by Crippen LogP contribution is -1.93. The van der Waals surface area contributed by atoms with E-state index in [0.29, 0.717) is 23.1 Å². The van der Waals surface area contributed by atoms with Gasteiger partial charge >= 0.3 is 0 Å². The number of hydrogen-bond acceptors (Lipinski definition) is 2. The first kappa shape index (κ1) is 9.00. The number of aldehydes is 1. The van der Waals surface area contributed by atoms with E-state index in [0.717, 1.165) is 4.47 Å². The summed E-state index contributed by atoms with van der Waals surface area (Å²) >= 11 is 3.28. The maximum absolute atomic E-state index is 10.4. The Labute approximate surface area is 79.2 Å². The molecule has 0 heterocycles. The molecule has 0 atom stereocenters. The number of benzene rings is 1. The Balaban J connectivity index is 3.22. The second-order valence-electron chi connectivity index (χ2n) is 2.37. The number of carbonyl (C=O) groups is 1. The normalized spacial score (nSPS) is 9.42. The van der Waals surface area contributed by atoms with Gasteiger partial charge in [0.25, 0.3) is 0 Å². The van der Waals surface area contributed by atoms with Crippen LogP contribution in [0.5, 0.6) is 0 Å². The van der Waals surface area contributed by atoms with Gasteiger partial charge in [-0.1, -0.05) is 22.5 Å². The molecule has 0 aliphatic carbocycles. The lowest BCUT2D eigenvalue weighted by atomic mass is 10.1. The molecular weight excluding hydrogens is 218 g/mol. The fourth-order valence-electron chi connectivity index (χ4n) is 0.870. The van der Waals surface area contributed by atoms with Gasteiger partial charge in [-0.15, -0.1) is 0 Å². The molecule has 12 heavy (non-hydrogen) atoms. The van der Waals surface area contributed by atoms with Gasteiger partial charge in [0, 0.05) is 21.3 Å². The maximum atomic E-state index is 10.4. The Morgan fingerprint density at radius 3 is 2.83 bits per heavy atom. The predicted octanol–water partition coefficient (Wildman–Crippen LogP) is 2.24. The van der Waals surface area contributed by atoms with E-state index in [2.05, 4.69) is 22.5 Å². The van der Waals surface area contributed by atoms with Crippen molar-refractivity contribution in [2.24, 2.45) is 0 Å². The molecule has 0 amide bonds. The number of nitrogen functional groups attached to an aromatic ring is 1. The largest absolute Gasteiger partial charge is 0.398 e. The van der Waals surface area contributed by atoms with E-state index < -0.39 is 0 Å². The minimum Gasteiger partial charge on any atom is -0.398 e. The summed E-state index contributed by atoms with van der Waals surface area (Å²) in [5.74, 6) is 0. The molecule has 0 bridgehead atoms. The van der Waals surface area contributed by atoms with Crippen molar-refractivity contribution < 1.29 is 4.79 Å². The standard InChI is InChI=1S/C9H8BrNO/c1-6(5-12)8-4-7(10)2-3-9(8)11/h2-5H,1,11H2. The number of anilines is 1. The summed E-state index contributed by atoms with van der Waals surface area (Å²) < 4.78 is 0.884. The number of allylic oxidation sites excluding steroid dienone is 1. The van der Waals surface area contributed by atoms with Crippen molar-refractivity contribution in [3.05, 3.63) is 34.8 Å². The summed E-state index contributed by atoms with van der Waals surface area (Å²) in [5, 5.41) is 0. The number of nitrogens with two attached hydrogens (primary N) is 1. The summed E-state index contributed by atoms with van der Waals surface area (Å²) in [5.41, 5.74) is 7.27. The molecule has 0 unspecified atom stereocenters. The molecule has 0 saturated heterocycles. The molecule has 1 rings (SSSR count). The molecule has 0 saturated carbocycles. The first-order chi connectivity index (χ1) is 5.65. The molecule has 0 aliphatic rings. The van der Waals surface area contributed by atoms with Crippen LogP contribution < -0.4 is 5.73 Å². The van der Waals surface area contributed by atoms with Crippen LogP contribution in [0.15, 0.2) is 29.3 Å². The van der Waals surface area contributed by atoms with Gasteiger partial charge in [0.15, 0.2) is 0 Å². The molecule has 1 aromatic rings. The number of carbonyl (C=O) groups excluding carboxylic acids is 1. The van der Waals surface area contributed by atoms with E-state index in [9.17, 15) is 4.79 Å². The summed E-state index contributed by atoms with van der Waals surface area (Å²) in [6.45, 7) is 3.58. The van der Waals surface area contributed by atoms with Gasteiger partial charge in [0.05, 0.1) is 0 Å². The molecule has 2 N–H and O–H groups in total. The quantitative estimate of drug-likeness (QED) is 0.477. The van der Waals surface area contributed by atoms with Crippen molar-refractivity contribution in [1.29, 1.82) is 0 Å². The van der Waals surface area contributed by atoms with Crippen LogP contribution in [-0.2, 0) is 4.79 Å². The second-order valence-corrected chi connectivity index (χ2v) is 3.29. The zero-order valence-corrected chi connectivity index (χ0v) is 7.97. The molecule has 0 spiro atoms. The molecule has 0 aliphatic heterocycles.